The topological polar surface area (TPSA) is 130 Å². The second-order valence-electron chi connectivity index (χ2n) is 10.9. The first-order chi connectivity index (χ1) is 22.4. The molecular weight excluding hydrogens is 663 g/mol. The number of nitrogens with zero attached hydrogens (tertiary/aromatic N) is 3. The van der Waals surface area contributed by atoms with E-state index in [0.29, 0.717) is 17.0 Å². The number of amides is 2. The normalized spacial score (nSPS) is 12.5. The van der Waals surface area contributed by atoms with Crippen molar-refractivity contribution < 1.29 is 22.9 Å². The number of nitro groups is 1. The Hall–Kier alpha value is -4.45. The molecule has 4 aromatic rings. The maximum Gasteiger partial charge on any atom is 0.269 e. The molecule has 0 aliphatic carbocycles. The van der Waals surface area contributed by atoms with Crippen molar-refractivity contribution in [3.63, 3.8) is 0 Å². The lowest BCUT2D eigenvalue weighted by atomic mass is 10.0. The minimum absolute atomic E-state index is 0.0287. The van der Waals surface area contributed by atoms with Gasteiger partial charge in [0.15, 0.2) is 0 Å². The van der Waals surface area contributed by atoms with Crippen molar-refractivity contribution in [1.82, 2.24) is 10.2 Å². The summed E-state index contributed by atoms with van der Waals surface area (Å²) in [7, 11) is -4.36. The Kier molecular flexibility index (Phi) is 12.0. The molecule has 4 rings (SSSR count). The summed E-state index contributed by atoms with van der Waals surface area (Å²) >= 11 is 12.7. The predicted octanol–water partition coefficient (Wildman–Crippen LogP) is 6.65. The molecule has 47 heavy (non-hydrogen) atoms. The first-order valence-electron chi connectivity index (χ1n) is 14.8. The number of nitrogens with one attached hydrogen (secondary N) is 1. The second kappa shape index (κ2) is 15.9. The lowest BCUT2D eigenvalue weighted by Crippen LogP contribution is -2.54. The molecule has 0 fully saturated rings. The van der Waals surface area contributed by atoms with Gasteiger partial charge in [0.25, 0.3) is 15.7 Å². The molecule has 0 aliphatic rings. The molecule has 0 spiro atoms. The summed E-state index contributed by atoms with van der Waals surface area (Å²) < 4.78 is 29.0. The quantitative estimate of drug-likeness (QED) is 0.116. The molecule has 10 nitrogen and oxygen atoms in total. The number of non-ortho nitro benzene ring substituents is 1. The van der Waals surface area contributed by atoms with Gasteiger partial charge in [-0.1, -0.05) is 84.7 Å². The van der Waals surface area contributed by atoms with E-state index >= 15 is 0 Å². The van der Waals surface area contributed by atoms with Gasteiger partial charge in [0, 0.05) is 41.2 Å². The van der Waals surface area contributed by atoms with Crippen LogP contribution in [0.4, 0.5) is 11.4 Å². The third kappa shape index (κ3) is 9.09. The van der Waals surface area contributed by atoms with Crippen molar-refractivity contribution in [3.8, 4) is 0 Å². The van der Waals surface area contributed by atoms with Gasteiger partial charge in [-0.05, 0) is 60.9 Å². The first-order valence-corrected chi connectivity index (χ1v) is 17.0. The standard InChI is InChI=1S/C34H34Cl2N4O6S/c1-3-24(2)37-34(42)32(20-25-10-6-4-7-11-25)38(22-26-14-15-27(35)21-31(26)36)33(41)23-39(28-16-18-29(19-17-28)40(43)44)47(45,46)30-12-8-5-9-13-30/h4-19,21,24,32H,3,20,22-23H2,1-2H3,(H,37,42)/t24-,32+/m1/s1. The second-order valence-corrected chi connectivity index (χ2v) is 13.6. The Morgan fingerprint density at radius 1 is 0.915 bits per heavy atom. The zero-order valence-electron chi connectivity index (χ0n) is 25.8. The monoisotopic (exact) mass is 696 g/mol. The smallest absolute Gasteiger partial charge is 0.269 e. The molecule has 0 saturated carbocycles. The number of carbonyl (C=O) groups is 2. The molecular formula is C34H34Cl2N4O6S. The number of anilines is 1. The lowest BCUT2D eigenvalue weighted by molar-refractivity contribution is -0.384. The Morgan fingerprint density at radius 3 is 2.11 bits per heavy atom. The lowest BCUT2D eigenvalue weighted by Gasteiger charge is -2.34. The van der Waals surface area contributed by atoms with E-state index in [1.807, 2.05) is 44.2 Å². The van der Waals surface area contributed by atoms with E-state index in [1.54, 1.807) is 30.3 Å². The summed E-state index contributed by atoms with van der Waals surface area (Å²) in [6.07, 6.45) is 0.771. The van der Waals surface area contributed by atoms with Gasteiger partial charge in [0.1, 0.15) is 12.6 Å². The van der Waals surface area contributed by atoms with Gasteiger partial charge in [-0.3, -0.25) is 24.0 Å². The highest BCUT2D eigenvalue weighted by Gasteiger charge is 2.35. The van der Waals surface area contributed by atoms with Crippen LogP contribution in [0.15, 0.2) is 108 Å². The molecule has 13 heteroatoms. The average Bonchev–Trinajstić information content (AvgIpc) is 3.06. The van der Waals surface area contributed by atoms with E-state index in [-0.39, 0.29) is 40.3 Å². The van der Waals surface area contributed by atoms with Crippen LogP contribution in [0.25, 0.3) is 0 Å². The highest BCUT2D eigenvalue weighted by atomic mass is 35.5. The molecule has 1 N–H and O–H groups in total. The molecule has 0 aliphatic heterocycles. The van der Waals surface area contributed by atoms with Crippen LogP contribution in [0.3, 0.4) is 0 Å². The van der Waals surface area contributed by atoms with Crippen LogP contribution in [-0.4, -0.2) is 48.7 Å². The van der Waals surface area contributed by atoms with Gasteiger partial charge in [-0.2, -0.15) is 0 Å². The molecule has 2 amide bonds. The van der Waals surface area contributed by atoms with Gasteiger partial charge in [0.05, 0.1) is 15.5 Å². The molecule has 246 valence electrons. The number of nitro benzene ring substituents is 1. The van der Waals surface area contributed by atoms with Gasteiger partial charge >= 0.3 is 0 Å². The van der Waals surface area contributed by atoms with E-state index in [9.17, 15) is 28.1 Å². The third-order valence-corrected chi connectivity index (χ3v) is 9.96. The summed E-state index contributed by atoms with van der Waals surface area (Å²) in [5, 5.41) is 14.9. The van der Waals surface area contributed by atoms with Crippen LogP contribution in [0.1, 0.15) is 31.4 Å². The largest absolute Gasteiger partial charge is 0.352 e. The van der Waals surface area contributed by atoms with Crippen molar-refractivity contribution >= 4 is 56.4 Å². The minimum Gasteiger partial charge on any atom is -0.352 e. The predicted molar refractivity (Wildman–Crippen MR) is 183 cm³/mol. The third-order valence-electron chi connectivity index (χ3n) is 7.59. The van der Waals surface area contributed by atoms with Crippen molar-refractivity contribution in [2.75, 3.05) is 10.8 Å². The van der Waals surface area contributed by atoms with E-state index in [1.165, 1.54) is 35.2 Å². The fourth-order valence-electron chi connectivity index (χ4n) is 4.82. The van der Waals surface area contributed by atoms with Crippen LogP contribution < -0.4 is 9.62 Å². The van der Waals surface area contributed by atoms with Crippen molar-refractivity contribution in [2.24, 2.45) is 0 Å². The van der Waals surface area contributed by atoms with Gasteiger partial charge in [-0.25, -0.2) is 8.42 Å². The number of hydrogen-bond acceptors (Lipinski definition) is 6. The summed E-state index contributed by atoms with van der Waals surface area (Å²) in [6, 6.07) is 25.1. The zero-order chi connectivity index (χ0) is 34.1. The molecule has 0 aromatic heterocycles. The fourth-order valence-corrected chi connectivity index (χ4v) is 6.72. The van der Waals surface area contributed by atoms with Gasteiger partial charge in [0.2, 0.25) is 11.8 Å². The number of halogens is 2. The fraction of sp³-hybridized carbons (Fsp3) is 0.235. The summed E-state index contributed by atoms with van der Waals surface area (Å²) in [5.74, 6) is -1.12. The van der Waals surface area contributed by atoms with E-state index < -0.39 is 39.3 Å². The van der Waals surface area contributed by atoms with Crippen molar-refractivity contribution in [2.45, 2.75) is 50.2 Å². The van der Waals surface area contributed by atoms with Crippen molar-refractivity contribution in [3.05, 3.63) is 134 Å². The average molecular weight is 698 g/mol. The summed E-state index contributed by atoms with van der Waals surface area (Å²) in [6.45, 7) is 2.91. The summed E-state index contributed by atoms with van der Waals surface area (Å²) in [5.41, 5.74) is 1.05. The Labute approximate surface area is 284 Å². The number of benzene rings is 4. The molecule has 0 heterocycles. The molecule has 0 bridgehead atoms. The SMILES string of the molecule is CC[C@@H](C)NC(=O)[C@H](Cc1ccccc1)N(Cc1ccc(Cl)cc1Cl)C(=O)CN(c1ccc([N+](=O)[O-])cc1)S(=O)(=O)c1ccccc1. The Morgan fingerprint density at radius 2 is 1.53 bits per heavy atom. The van der Waals surface area contributed by atoms with Gasteiger partial charge < -0.3 is 10.2 Å². The number of carbonyl (C=O) groups excluding carboxylic acids is 2. The molecule has 0 radical (unpaired) electrons. The van der Waals surface area contributed by atoms with Crippen molar-refractivity contribution in [1.29, 1.82) is 0 Å². The van der Waals surface area contributed by atoms with Crippen LogP contribution in [0, 0.1) is 10.1 Å². The maximum absolute atomic E-state index is 14.5. The Balaban J connectivity index is 1.83. The molecule has 0 saturated heterocycles. The zero-order valence-corrected chi connectivity index (χ0v) is 28.1. The number of sulfonamides is 1. The molecule has 4 aromatic carbocycles. The van der Waals surface area contributed by atoms with Crippen LogP contribution in [-0.2, 0) is 32.6 Å². The minimum atomic E-state index is -4.36. The van der Waals surface area contributed by atoms with E-state index in [4.69, 9.17) is 23.2 Å². The first kappa shape index (κ1) is 35.4. The van der Waals surface area contributed by atoms with Crippen LogP contribution >= 0.6 is 23.2 Å². The molecule has 0 unspecified atom stereocenters. The Bertz CT molecular complexity index is 1810. The number of rotatable bonds is 14. The van der Waals surface area contributed by atoms with Crippen LogP contribution in [0.5, 0.6) is 0 Å². The molecule has 2 atom stereocenters. The number of hydrogen-bond donors (Lipinski definition) is 1. The maximum atomic E-state index is 14.5. The van der Waals surface area contributed by atoms with Crippen LogP contribution in [0.2, 0.25) is 10.0 Å². The van der Waals surface area contributed by atoms with Gasteiger partial charge in [-0.15, -0.1) is 0 Å². The highest BCUT2D eigenvalue weighted by Crippen LogP contribution is 2.28. The van der Waals surface area contributed by atoms with E-state index in [2.05, 4.69) is 5.32 Å². The van der Waals surface area contributed by atoms with E-state index in [0.717, 1.165) is 22.0 Å². The highest BCUT2D eigenvalue weighted by molar-refractivity contribution is 7.92. The summed E-state index contributed by atoms with van der Waals surface area (Å²) in [4.78, 5) is 40.4.